The van der Waals surface area contributed by atoms with E-state index in [0.29, 0.717) is 24.5 Å². The zero-order chi connectivity index (χ0) is 25.7. The molecule has 0 aliphatic rings. The van der Waals surface area contributed by atoms with Gasteiger partial charge in [0.15, 0.2) is 0 Å². The minimum Gasteiger partial charge on any atom is -0.491 e. The molecule has 0 aliphatic heterocycles. The molecule has 6 heteroatoms. The summed E-state index contributed by atoms with van der Waals surface area (Å²) in [4.78, 5) is 12.9. The average Bonchev–Trinajstić information content (AvgIpc) is 3.18. The summed E-state index contributed by atoms with van der Waals surface area (Å²) in [6.45, 7) is 8.89. The van der Waals surface area contributed by atoms with Crippen molar-refractivity contribution in [3.8, 4) is 11.4 Å². The number of carbonyl (C=O) groups is 1. The third kappa shape index (κ3) is 5.61. The summed E-state index contributed by atoms with van der Waals surface area (Å²) in [6, 6.07) is 24.4. The highest BCUT2D eigenvalue weighted by Gasteiger charge is 2.23. The number of nitrogens with two attached hydrogens (primary N) is 1. The van der Waals surface area contributed by atoms with Crippen molar-refractivity contribution < 1.29 is 24.7 Å². The van der Waals surface area contributed by atoms with E-state index in [1.165, 1.54) is 11.1 Å². The van der Waals surface area contributed by atoms with Crippen molar-refractivity contribution in [3.63, 3.8) is 0 Å². The van der Waals surface area contributed by atoms with Crippen molar-refractivity contribution in [2.45, 2.75) is 39.8 Å². The largest absolute Gasteiger partial charge is 0.491 e. The Labute approximate surface area is 212 Å². The number of carbonyl (C=O) groups excluding carboxylic acids is 1. The Hall–Kier alpha value is -3.61. The zero-order valence-corrected chi connectivity index (χ0v) is 21.4. The van der Waals surface area contributed by atoms with Gasteiger partial charge in [-0.05, 0) is 58.0 Å². The molecular weight excluding hydrogens is 452 g/mol. The number of quaternary nitrogens is 1. The predicted octanol–water partition coefficient (Wildman–Crippen LogP) is 4.49. The summed E-state index contributed by atoms with van der Waals surface area (Å²) >= 11 is 0. The number of benzene rings is 3. The Balaban J connectivity index is 1.53. The lowest BCUT2D eigenvalue weighted by molar-refractivity contribution is -0.698. The fourth-order valence-corrected chi connectivity index (χ4v) is 4.49. The number of aromatic nitrogens is 1. The summed E-state index contributed by atoms with van der Waals surface area (Å²) in [7, 11) is 0. The van der Waals surface area contributed by atoms with Crippen LogP contribution in [-0.4, -0.2) is 41.5 Å². The van der Waals surface area contributed by atoms with E-state index in [1.54, 1.807) is 6.92 Å². The van der Waals surface area contributed by atoms with Gasteiger partial charge < -0.3 is 24.5 Å². The van der Waals surface area contributed by atoms with E-state index in [4.69, 9.17) is 9.47 Å². The molecule has 0 saturated carbocycles. The van der Waals surface area contributed by atoms with Crippen LogP contribution in [0.1, 0.15) is 47.1 Å². The van der Waals surface area contributed by atoms with Gasteiger partial charge in [-0.1, -0.05) is 48.0 Å². The number of hydrogen-bond donors (Lipinski definition) is 2. The first-order chi connectivity index (χ1) is 17.4. The smallest absolute Gasteiger partial charge is 0.340 e. The van der Waals surface area contributed by atoms with Crippen molar-refractivity contribution in [1.29, 1.82) is 0 Å². The van der Waals surface area contributed by atoms with Gasteiger partial charge >= 0.3 is 5.97 Å². The van der Waals surface area contributed by atoms with Crippen LogP contribution in [-0.2, 0) is 4.74 Å². The van der Waals surface area contributed by atoms with Crippen LogP contribution in [0.5, 0.6) is 5.75 Å². The van der Waals surface area contributed by atoms with Gasteiger partial charge in [0, 0.05) is 22.3 Å². The number of aliphatic hydroxyl groups excluding tert-OH is 1. The summed E-state index contributed by atoms with van der Waals surface area (Å²) in [5.74, 6) is 0.247. The van der Waals surface area contributed by atoms with Crippen LogP contribution in [0.25, 0.3) is 16.6 Å². The quantitative estimate of drug-likeness (QED) is 0.323. The minimum absolute atomic E-state index is 0.163. The Morgan fingerprint density at radius 3 is 2.44 bits per heavy atom. The third-order valence-corrected chi connectivity index (χ3v) is 6.48. The van der Waals surface area contributed by atoms with E-state index in [2.05, 4.69) is 41.1 Å². The maximum atomic E-state index is 12.9. The molecule has 188 valence electrons. The first kappa shape index (κ1) is 25.5. The molecule has 3 N–H and O–H groups in total. The molecule has 36 heavy (non-hydrogen) atoms. The lowest BCUT2D eigenvalue weighted by atomic mass is 10.1. The van der Waals surface area contributed by atoms with E-state index in [-0.39, 0.29) is 18.6 Å². The number of rotatable bonds is 10. The molecule has 0 amide bonds. The van der Waals surface area contributed by atoms with Gasteiger partial charge in [-0.2, -0.15) is 0 Å². The maximum absolute atomic E-state index is 12.9. The fraction of sp³-hybridized carbons (Fsp3) is 0.300. The lowest BCUT2D eigenvalue weighted by Gasteiger charge is -2.15. The average molecular weight is 488 g/mol. The van der Waals surface area contributed by atoms with E-state index in [1.807, 2.05) is 62.4 Å². The third-order valence-electron chi connectivity index (χ3n) is 6.48. The number of esters is 1. The second kappa shape index (κ2) is 11.4. The van der Waals surface area contributed by atoms with E-state index < -0.39 is 6.10 Å². The molecule has 0 aliphatic carbocycles. The first-order valence-corrected chi connectivity index (χ1v) is 12.5. The first-order valence-electron chi connectivity index (χ1n) is 12.5. The van der Waals surface area contributed by atoms with Gasteiger partial charge in [-0.15, -0.1) is 0 Å². The molecule has 0 bridgehead atoms. The zero-order valence-electron chi connectivity index (χ0n) is 21.4. The van der Waals surface area contributed by atoms with Crippen LogP contribution < -0.4 is 10.1 Å². The van der Waals surface area contributed by atoms with Crippen LogP contribution in [0.3, 0.4) is 0 Å². The van der Waals surface area contributed by atoms with Gasteiger partial charge in [0.1, 0.15) is 31.0 Å². The molecule has 2 unspecified atom stereocenters. The summed E-state index contributed by atoms with van der Waals surface area (Å²) in [5.41, 5.74) is 5.61. The molecule has 0 saturated heterocycles. The standard InChI is InChI=1S/C30H34N2O4/c1-5-35-30(34)29-22(4)32(24-13-11-20(2)12-14-24)28-16-15-26(17-27(28)29)36-19-25(33)18-31-21(3)23-9-7-6-8-10-23/h6-17,21,25,31,33H,5,18-19H2,1-4H3/p+1. The molecular formula is C30H35N2O4+. The SMILES string of the molecule is CCOC(=O)c1c(C)n(-c2ccc(C)cc2)c2ccc(OCC(O)C[NH2+]C(C)c3ccccc3)cc12. The fourth-order valence-electron chi connectivity index (χ4n) is 4.49. The number of aryl methyl sites for hydroxylation is 1. The normalized spacial score (nSPS) is 12.9. The monoisotopic (exact) mass is 487 g/mol. The van der Waals surface area contributed by atoms with Gasteiger partial charge in [-0.3, -0.25) is 0 Å². The van der Waals surface area contributed by atoms with Crippen molar-refractivity contribution in [1.82, 2.24) is 4.57 Å². The maximum Gasteiger partial charge on any atom is 0.340 e. The van der Waals surface area contributed by atoms with Crippen molar-refractivity contribution in [2.24, 2.45) is 0 Å². The second-order valence-corrected chi connectivity index (χ2v) is 9.17. The van der Waals surface area contributed by atoms with Crippen LogP contribution >= 0.6 is 0 Å². The Morgan fingerprint density at radius 2 is 1.75 bits per heavy atom. The Bertz CT molecular complexity index is 1310. The molecule has 4 rings (SSSR count). The van der Waals surface area contributed by atoms with E-state index in [9.17, 15) is 9.90 Å². The number of nitrogens with zero attached hydrogens (tertiary/aromatic N) is 1. The lowest BCUT2D eigenvalue weighted by Crippen LogP contribution is -2.87. The molecule has 0 fully saturated rings. The topological polar surface area (TPSA) is 77.3 Å². The van der Waals surface area contributed by atoms with Crippen LogP contribution in [0.2, 0.25) is 0 Å². The second-order valence-electron chi connectivity index (χ2n) is 9.17. The Kier molecular flexibility index (Phi) is 8.08. The molecule has 0 spiro atoms. The molecule has 1 heterocycles. The summed E-state index contributed by atoms with van der Waals surface area (Å²) in [5, 5.41) is 13.4. The number of ether oxygens (including phenoxy) is 2. The van der Waals surface area contributed by atoms with Crippen molar-refractivity contribution in [3.05, 3.63) is 95.2 Å². The van der Waals surface area contributed by atoms with E-state index in [0.717, 1.165) is 22.3 Å². The highest BCUT2D eigenvalue weighted by molar-refractivity contribution is 6.07. The van der Waals surface area contributed by atoms with Gasteiger partial charge in [0.2, 0.25) is 0 Å². The molecule has 3 aromatic carbocycles. The van der Waals surface area contributed by atoms with Crippen LogP contribution in [0.15, 0.2) is 72.8 Å². The molecule has 0 radical (unpaired) electrons. The molecule has 1 aromatic heterocycles. The van der Waals surface area contributed by atoms with Crippen molar-refractivity contribution >= 4 is 16.9 Å². The summed E-state index contributed by atoms with van der Waals surface area (Å²) in [6.07, 6.45) is -0.629. The highest BCUT2D eigenvalue weighted by Crippen LogP contribution is 2.32. The number of aliphatic hydroxyl groups is 1. The van der Waals surface area contributed by atoms with Gasteiger partial charge in [-0.25, -0.2) is 4.79 Å². The molecule has 4 aromatic rings. The van der Waals surface area contributed by atoms with Crippen molar-refractivity contribution in [2.75, 3.05) is 19.8 Å². The highest BCUT2D eigenvalue weighted by atomic mass is 16.5. The summed E-state index contributed by atoms with van der Waals surface area (Å²) < 4.78 is 13.4. The minimum atomic E-state index is -0.629. The molecule has 2 atom stereocenters. The Morgan fingerprint density at radius 1 is 1.03 bits per heavy atom. The molecule has 6 nitrogen and oxygen atoms in total. The van der Waals surface area contributed by atoms with Crippen LogP contribution in [0.4, 0.5) is 0 Å². The van der Waals surface area contributed by atoms with Gasteiger partial charge in [0.25, 0.3) is 0 Å². The number of hydrogen-bond acceptors (Lipinski definition) is 4. The predicted molar refractivity (Wildman–Crippen MR) is 142 cm³/mol. The van der Waals surface area contributed by atoms with Gasteiger partial charge in [0.05, 0.1) is 17.7 Å². The number of fused-ring (bicyclic) bond motifs is 1. The van der Waals surface area contributed by atoms with Crippen LogP contribution in [0, 0.1) is 13.8 Å². The van der Waals surface area contributed by atoms with E-state index >= 15 is 0 Å².